The molecule has 19 nitrogen and oxygen atoms in total. The van der Waals surface area contributed by atoms with Gasteiger partial charge in [-0.3, -0.25) is 4.79 Å². The van der Waals surface area contributed by atoms with Crippen LogP contribution in [-0.2, 0) is 33.2 Å². The summed E-state index contributed by atoms with van der Waals surface area (Å²) in [7, 11) is 0. The monoisotopic (exact) mass is 1420 g/mol. The Hall–Kier alpha value is -3.29. The van der Waals surface area contributed by atoms with Crippen LogP contribution >= 0.6 is 0 Å². The number of unbranched alkanes of at least 4 members (excludes halogenated alkanes) is 29. The molecule has 1 amide bonds. The van der Waals surface area contributed by atoms with Gasteiger partial charge in [-0.05, 0) is 77.0 Å². The van der Waals surface area contributed by atoms with E-state index in [1.165, 1.54) is 128 Å². The first-order chi connectivity index (χ1) is 48.8. The SMILES string of the molecule is CC/C=C\C/C=C\C/C=C\C/C=C\C/C=C\C/C=C\C/C=C\C/C=C\CCCCCCCCCCC(=O)NC(COC1OC(CO)C(OC2OC(CO)C(OC3OC(CO)C(O)C(O)C3O)C(O)C2O)C(O)C1O)C(O)CCCCCCCCCCCCCCCCCCCCCCCC. The van der Waals surface area contributed by atoms with E-state index >= 15 is 0 Å². The first kappa shape index (κ1) is 90.9. The van der Waals surface area contributed by atoms with Crippen molar-refractivity contribution in [3.05, 3.63) is 97.2 Å². The number of nitrogens with one attached hydrogen (secondary N) is 1. The third kappa shape index (κ3) is 40.8. The van der Waals surface area contributed by atoms with E-state index in [2.05, 4.69) is 116 Å². The normalized spacial score (nSPS) is 27.0. The van der Waals surface area contributed by atoms with E-state index in [9.17, 15) is 61.0 Å². The summed E-state index contributed by atoms with van der Waals surface area (Å²) in [5, 5.41) is 121. The summed E-state index contributed by atoms with van der Waals surface area (Å²) in [5.74, 6) is -0.253. The number of hydrogen-bond donors (Lipinski definition) is 12. The van der Waals surface area contributed by atoms with E-state index in [0.717, 1.165) is 116 Å². The molecule has 100 heavy (non-hydrogen) atoms. The predicted molar refractivity (Wildman–Crippen MR) is 397 cm³/mol. The second-order valence-electron chi connectivity index (χ2n) is 27.8. The maximum atomic E-state index is 13.5. The second-order valence-corrected chi connectivity index (χ2v) is 27.8. The number of ether oxygens (including phenoxy) is 6. The molecule has 3 aliphatic heterocycles. The molecule has 3 rings (SSSR count). The van der Waals surface area contributed by atoms with Gasteiger partial charge in [0.1, 0.15) is 73.2 Å². The lowest BCUT2D eigenvalue weighted by atomic mass is 9.96. The van der Waals surface area contributed by atoms with Crippen molar-refractivity contribution in [2.75, 3.05) is 26.4 Å². The van der Waals surface area contributed by atoms with E-state index in [1.54, 1.807) is 0 Å². The molecule has 3 fully saturated rings. The highest BCUT2D eigenvalue weighted by Gasteiger charge is 2.54. The lowest BCUT2D eigenvalue weighted by molar-refractivity contribution is -0.379. The van der Waals surface area contributed by atoms with Gasteiger partial charge < -0.3 is 89.9 Å². The highest BCUT2D eigenvalue weighted by molar-refractivity contribution is 5.76. The molecule has 12 N–H and O–H groups in total. The van der Waals surface area contributed by atoms with Gasteiger partial charge in [0.25, 0.3) is 0 Å². The fourth-order valence-electron chi connectivity index (χ4n) is 12.9. The Morgan fingerprint density at radius 2 is 0.690 bits per heavy atom. The Labute approximate surface area is 603 Å². The average Bonchev–Trinajstić information content (AvgIpc) is 0.783. The summed E-state index contributed by atoms with van der Waals surface area (Å²) in [5.41, 5.74) is 0. The molecule has 0 spiro atoms. The Kier molecular flexibility index (Phi) is 55.4. The van der Waals surface area contributed by atoms with Crippen LogP contribution in [0.3, 0.4) is 0 Å². The molecule has 0 radical (unpaired) electrons. The molecule has 0 aromatic heterocycles. The van der Waals surface area contributed by atoms with Gasteiger partial charge in [-0.15, -0.1) is 0 Å². The molecule has 17 atom stereocenters. The van der Waals surface area contributed by atoms with Gasteiger partial charge in [0.15, 0.2) is 18.9 Å². The third-order valence-electron chi connectivity index (χ3n) is 19.2. The minimum absolute atomic E-state index is 0.251. The molecule has 0 bridgehead atoms. The third-order valence-corrected chi connectivity index (χ3v) is 19.2. The van der Waals surface area contributed by atoms with Crippen LogP contribution in [0.4, 0.5) is 0 Å². The van der Waals surface area contributed by atoms with Crippen LogP contribution in [0, 0.1) is 0 Å². The molecule has 0 aliphatic carbocycles. The Balaban J connectivity index is 1.38. The zero-order chi connectivity index (χ0) is 72.5. The molecule has 3 heterocycles. The number of aliphatic hydroxyl groups is 11. The fraction of sp³-hybridized carbons (Fsp3) is 0.790. The molecule has 0 aromatic carbocycles. The van der Waals surface area contributed by atoms with Crippen LogP contribution in [0.5, 0.6) is 0 Å². The summed E-state index contributed by atoms with van der Waals surface area (Å²) < 4.78 is 34.5. The van der Waals surface area contributed by atoms with Gasteiger partial charge in [-0.25, -0.2) is 0 Å². The van der Waals surface area contributed by atoms with Crippen molar-refractivity contribution in [2.45, 2.75) is 381 Å². The minimum Gasteiger partial charge on any atom is -0.394 e. The van der Waals surface area contributed by atoms with Gasteiger partial charge in [0.05, 0.1) is 38.6 Å². The van der Waals surface area contributed by atoms with Crippen LogP contribution in [0.1, 0.15) is 277 Å². The van der Waals surface area contributed by atoms with Gasteiger partial charge in [0.2, 0.25) is 5.91 Å². The van der Waals surface area contributed by atoms with Crippen molar-refractivity contribution >= 4 is 5.91 Å². The van der Waals surface area contributed by atoms with Crippen LogP contribution in [0.2, 0.25) is 0 Å². The number of aliphatic hydroxyl groups excluding tert-OH is 11. The summed E-state index contributed by atoms with van der Waals surface area (Å²) in [6, 6.07) is -0.900. The van der Waals surface area contributed by atoms with Crippen LogP contribution in [0.25, 0.3) is 0 Å². The second kappa shape index (κ2) is 60.9. The maximum absolute atomic E-state index is 13.5. The molecule has 0 aromatic rings. The zero-order valence-electron chi connectivity index (χ0n) is 61.6. The summed E-state index contributed by atoms with van der Waals surface area (Å²) in [6.07, 6.45) is 54.8. The first-order valence-corrected chi connectivity index (χ1v) is 39.5. The van der Waals surface area contributed by atoms with Crippen molar-refractivity contribution in [1.82, 2.24) is 5.32 Å². The lowest BCUT2D eigenvalue weighted by Gasteiger charge is -2.48. The summed E-state index contributed by atoms with van der Waals surface area (Å²) in [6.45, 7) is 1.70. The summed E-state index contributed by atoms with van der Waals surface area (Å²) in [4.78, 5) is 13.5. The molecule has 3 aliphatic rings. The Bertz CT molecular complexity index is 2190. The smallest absolute Gasteiger partial charge is 0.220 e. The molecular weight excluding hydrogens is 1270 g/mol. The minimum atomic E-state index is -1.98. The standard InChI is InChI=1S/C81H141NO18/c1-3-5-7-9-11-13-15-17-19-21-23-25-27-28-29-30-31-32-33-34-35-36-37-39-41-43-45-47-49-51-53-55-57-59-69(87)82-64(65(86)58-56-54-52-50-48-46-44-42-40-38-26-24-22-20-18-16-14-12-10-8-6-4-2)63-95-79-75(93)72(90)77(67(61-84)97-79)100-81-76(94)73(91)78(68(62-85)98-81)99-80-74(92)71(89)70(88)66(60-83)96-80/h5,7,11,13,17,19,23,25,28-29,31-32,34-35,37,39,64-68,70-81,83-86,88-94H,3-4,6,8-10,12,14-16,18,20-22,24,26-27,30,33,36,38,40-63H2,1-2H3,(H,82,87)/b7-5-,13-11-,19-17-,25-23-,29-28-,32-31-,35-34-,39-37-. The Morgan fingerprint density at radius 1 is 0.370 bits per heavy atom. The lowest BCUT2D eigenvalue weighted by Crippen LogP contribution is -2.66. The van der Waals surface area contributed by atoms with Gasteiger partial charge in [-0.1, -0.05) is 291 Å². The van der Waals surface area contributed by atoms with Crippen molar-refractivity contribution in [3.8, 4) is 0 Å². The predicted octanol–water partition coefficient (Wildman–Crippen LogP) is 12.8. The van der Waals surface area contributed by atoms with Crippen LogP contribution in [-0.4, -0.2) is 193 Å². The molecule has 578 valence electrons. The van der Waals surface area contributed by atoms with Gasteiger partial charge in [0, 0.05) is 6.42 Å². The summed E-state index contributed by atoms with van der Waals surface area (Å²) >= 11 is 0. The topological polar surface area (TPSA) is 307 Å². The van der Waals surface area contributed by atoms with Gasteiger partial charge in [-0.2, -0.15) is 0 Å². The highest BCUT2D eigenvalue weighted by Crippen LogP contribution is 2.33. The van der Waals surface area contributed by atoms with Crippen molar-refractivity contribution in [3.63, 3.8) is 0 Å². The highest BCUT2D eigenvalue weighted by atomic mass is 16.8. The molecule has 19 heteroatoms. The van der Waals surface area contributed by atoms with E-state index in [1.807, 2.05) is 0 Å². The van der Waals surface area contributed by atoms with E-state index in [-0.39, 0.29) is 18.9 Å². The van der Waals surface area contributed by atoms with E-state index < -0.39 is 124 Å². The van der Waals surface area contributed by atoms with Gasteiger partial charge >= 0.3 is 0 Å². The van der Waals surface area contributed by atoms with Crippen molar-refractivity contribution < 1.29 is 89.4 Å². The number of hydrogen-bond acceptors (Lipinski definition) is 18. The average molecular weight is 1420 g/mol. The fourth-order valence-corrected chi connectivity index (χ4v) is 12.9. The molecule has 0 saturated carbocycles. The number of allylic oxidation sites excluding steroid dienone is 16. The molecular formula is C81H141NO18. The van der Waals surface area contributed by atoms with E-state index in [4.69, 9.17) is 28.4 Å². The quantitative estimate of drug-likeness (QED) is 0.0199. The number of amides is 1. The van der Waals surface area contributed by atoms with E-state index in [0.29, 0.717) is 12.8 Å². The van der Waals surface area contributed by atoms with Crippen LogP contribution < -0.4 is 5.32 Å². The first-order valence-electron chi connectivity index (χ1n) is 39.5. The largest absolute Gasteiger partial charge is 0.394 e. The number of carbonyl (C=O) groups is 1. The molecule has 3 saturated heterocycles. The number of rotatable bonds is 61. The van der Waals surface area contributed by atoms with Crippen molar-refractivity contribution in [2.24, 2.45) is 0 Å². The van der Waals surface area contributed by atoms with Crippen molar-refractivity contribution in [1.29, 1.82) is 0 Å². The Morgan fingerprint density at radius 3 is 1.08 bits per heavy atom. The van der Waals surface area contributed by atoms with Crippen LogP contribution in [0.15, 0.2) is 97.2 Å². The molecule has 17 unspecified atom stereocenters. The zero-order valence-corrected chi connectivity index (χ0v) is 61.6. The number of carbonyl (C=O) groups excluding carboxylic acids is 1. The maximum Gasteiger partial charge on any atom is 0.220 e.